The van der Waals surface area contributed by atoms with E-state index in [2.05, 4.69) is 77.9 Å². The Morgan fingerprint density at radius 2 is 0.579 bits per heavy atom. The summed E-state index contributed by atoms with van der Waals surface area (Å²) in [6, 6.07) is 14.1. The molecule has 0 N–H and O–H groups in total. The van der Waals surface area contributed by atoms with Crippen molar-refractivity contribution in [1.29, 1.82) is 0 Å². The van der Waals surface area contributed by atoms with Gasteiger partial charge in [0.25, 0.3) is 0 Å². The first-order chi connectivity index (χ1) is 27.6. The molecular weight excluding hydrogens is 735 g/mol. The summed E-state index contributed by atoms with van der Waals surface area (Å²) < 4.78 is 0. The molecule has 2 aromatic rings. The van der Waals surface area contributed by atoms with Gasteiger partial charge < -0.3 is 0 Å². The zero-order chi connectivity index (χ0) is 40.3. The smallest absolute Gasteiger partial charge is 0.0636 e. The van der Waals surface area contributed by atoms with Crippen molar-refractivity contribution in [2.45, 2.75) is 260 Å². The van der Waals surface area contributed by atoms with Gasteiger partial charge in [-0.05, 0) is 97.9 Å². The molecule has 2 aromatic carbocycles. The minimum atomic E-state index is 0. The number of hydrogen-bond donors (Lipinski definition) is 0. The number of benzene rings is 2. The van der Waals surface area contributed by atoms with Crippen LogP contribution in [0.15, 0.2) is 46.4 Å². The third kappa shape index (κ3) is 25.5. The summed E-state index contributed by atoms with van der Waals surface area (Å²) in [6.45, 7) is 13.8. The van der Waals surface area contributed by atoms with Crippen LogP contribution in [-0.4, -0.2) is 11.4 Å². The average molecular weight is 828 g/mol. The Hall–Kier alpha value is -1.73. The van der Waals surface area contributed by atoms with Crippen molar-refractivity contribution in [3.63, 3.8) is 0 Å². The SMILES string of the molecule is CCCCCCCCCCCCCCCCCCCCCCC(=Nc1ccc(CCC)c(CCC)c1)C(CCCCCC)=Nc1ccc(CCC)c(CCC)c1.[Ni]. The molecule has 0 saturated heterocycles. The fraction of sp³-hybridized carbons (Fsp3) is 0.741. The fourth-order valence-corrected chi connectivity index (χ4v) is 8.50. The van der Waals surface area contributed by atoms with Crippen LogP contribution in [-0.2, 0) is 42.2 Å². The minimum absolute atomic E-state index is 0. The Kier molecular flexibility index (Phi) is 34.9. The molecule has 2 rings (SSSR count). The fourth-order valence-electron chi connectivity index (χ4n) is 8.50. The summed E-state index contributed by atoms with van der Waals surface area (Å²) in [6.07, 6.45) is 44.7. The second kappa shape index (κ2) is 37.3. The van der Waals surface area contributed by atoms with E-state index in [1.54, 1.807) is 0 Å². The van der Waals surface area contributed by atoms with Crippen LogP contribution in [0.4, 0.5) is 11.4 Å². The Labute approximate surface area is 366 Å². The van der Waals surface area contributed by atoms with E-state index in [9.17, 15) is 0 Å². The largest absolute Gasteiger partial charge is 0.252 e. The van der Waals surface area contributed by atoms with Gasteiger partial charge in [0.1, 0.15) is 0 Å². The van der Waals surface area contributed by atoms with Gasteiger partial charge in [-0.15, -0.1) is 0 Å². The molecular formula is C54H92N2Ni. The van der Waals surface area contributed by atoms with Gasteiger partial charge in [0.05, 0.1) is 22.8 Å². The average Bonchev–Trinajstić information content (AvgIpc) is 3.20. The molecule has 2 nitrogen and oxygen atoms in total. The van der Waals surface area contributed by atoms with Crippen LogP contribution in [0.1, 0.15) is 256 Å². The van der Waals surface area contributed by atoms with E-state index in [0.29, 0.717) is 0 Å². The molecule has 0 aromatic heterocycles. The summed E-state index contributed by atoms with van der Waals surface area (Å²) in [4.78, 5) is 11.0. The molecule has 0 aliphatic rings. The first-order valence-corrected chi connectivity index (χ1v) is 25.0. The molecule has 0 bridgehead atoms. The number of aryl methyl sites for hydroxylation is 4. The number of aliphatic imine (C=N–C) groups is 2. The maximum absolute atomic E-state index is 5.51. The monoisotopic (exact) mass is 827 g/mol. The first-order valence-electron chi connectivity index (χ1n) is 25.0. The standard InChI is InChI=1S/C54H92N2.Ni/c1-7-13-15-17-18-19-20-21-22-23-24-25-26-27-28-29-30-31-32-34-40-54(56-52-44-42-48(36-10-4)50(46-52)38-12-6)53(39-33-16-14-8-2)55-51-43-41-47(35-9-3)49(45-51)37-11-5;/h41-46H,7-40H2,1-6H3;. The third-order valence-corrected chi connectivity index (χ3v) is 11.9. The zero-order valence-corrected chi connectivity index (χ0v) is 39.7. The van der Waals surface area contributed by atoms with Crippen molar-refractivity contribution in [3.8, 4) is 0 Å². The normalized spacial score (nSPS) is 12.0. The van der Waals surface area contributed by atoms with Crippen LogP contribution in [0.25, 0.3) is 0 Å². The molecule has 0 aliphatic carbocycles. The predicted octanol–water partition coefficient (Wildman–Crippen LogP) is 18.5. The zero-order valence-electron chi connectivity index (χ0n) is 38.7. The predicted molar refractivity (Wildman–Crippen MR) is 254 cm³/mol. The second-order valence-corrected chi connectivity index (χ2v) is 17.3. The number of hydrogen-bond acceptors (Lipinski definition) is 2. The summed E-state index contributed by atoms with van der Waals surface area (Å²) in [7, 11) is 0. The van der Waals surface area contributed by atoms with Gasteiger partial charge in [0, 0.05) is 16.5 Å². The van der Waals surface area contributed by atoms with Crippen molar-refractivity contribution in [3.05, 3.63) is 58.7 Å². The summed E-state index contributed by atoms with van der Waals surface area (Å²) >= 11 is 0. The van der Waals surface area contributed by atoms with Crippen molar-refractivity contribution < 1.29 is 16.5 Å². The van der Waals surface area contributed by atoms with E-state index in [1.165, 1.54) is 213 Å². The molecule has 0 aliphatic heterocycles. The maximum atomic E-state index is 5.51. The van der Waals surface area contributed by atoms with Crippen molar-refractivity contribution in [1.82, 2.24) is 0 Å². The molecule has 0 amide bonds. The summed E-state index contributed by atoms with van der Waals surface area (Å²) in [5.74, 6) is 0. The molecule has 0 unspecified atom stereocenters. The molecule has 328 valence electrons. The van der Waals surface area contributed by atoms with Crippen molar-refractivity contribution >= 4 is 22.8 Å². The molecule has 0 fully saturated rings. The third-order valence-electron chi connectivity index (χ3n) is 11.9. The van der Waals surface area contributed by atoms with Crippen LogP contribution in [0.3, 0.4) is 0 Å². The van der Waals surface area contributed by atoms with Crippen molar-refractivity contribution in [2.24, 2.45) is 9.98 Å². The van der Waals surface area contributed by atoms with Gasteiger partial charge in [-0.2, -0.15) is 0 Å². The van der Waals surface area contributed by atoms with E-state index >= 15 is 0 Å². The molecule has 0 radical (unpaired) electrons. The Morgan fingerprint density at radius 3 is 0.877 bits per heavy atom. The molecule has 57 heavy (non-hydrogen) atoms. The van der Waals surface area contributed by atoms with Gasteiger partial charge in [0.2, 0.25) is 0 Å². The van der Waals surface area contributed by atoms with Crippen LogP contribution >= 0.6 is 0 Å². The van der Waals surface area contributed by atoms with Crippen LogP contribution in [0.2, 0.25) is 0 Å². The number of nitrogens with zero attached hydrogens (tertiary/aromatic N) is 2. The molecule has 3 heteroatoms. The Balaban J connectivity index is 0.0000162. The molecule has 0 saturated carbocycles. The van der Waals surface area contributed by atoms with Crippen LogP contribution in [0, 0.1) is 0 Å². The van der Waals surface area contributed by atoms with Gasteiger partial charge in [0.15, 0.2) is 0 Å². The van der Waals surface area contributed by atoms with Gasteiger partial charge in [-0.25, -0.2) is 0 Å². The first kappa shape index (κ1) is 53.3. The van der Waals surface area contributed by atoms with Gasteiger partial charge in [-0.1, -0.05) is 221 Å². The summed E-state index contributed by atoms with van der Waals surface area (Å²) in [5, 5.41) is 0. The summed E-state index contributed by atoms with van der Waals surface area (Å²) in [5.41, 5.74) is 10.7. The second-order valence-electron chi connectivity index (χ2n) is 17.3. The molecule has 0 atom stereocenters. The minimum Gasteiger partial charge on any atom is -0.252 e. The van der Waals surface area contributed by atoms with E-state index < -0.39 is 0 Å². The number of rotatable bonds is 37. The van der Waals surface area contributed by atoms with Gasteiger partial charge in [-0.3, -0.25) is 9.98 Å². The Morgan fingerprint density at radius 1 is 0.316 bits per heavy atom. The van der Waals surface area contributed by atoms with Crippen molar-refractivity contribution in [2.75, 3.05) is 0 Å². The van der Waals surface area contributed by atoms with Crippen LogP contribution < -0.4 is 0 Å². The molecule has 0 heterocycles. The van der Waals surface area contributed by atoms with E-state index in [0.717, 1.165) is 49.9 Å². The quantitative estimate of drug-likeness (QED) is 0.0368. The van der Waals surface area contributed by atoms with E-state index in [1.807, 2.05) is 0 Å². The maximum Gasteiger partial charge on any atom is 0.0636 e. The van der Waals surface area contributed by atoms with E-state index in [4.69, 9.17) is 9.98 Å². The van der Waals surface area contributed by atoms with Crippen LogP contribution in [0.5, 0.6) is 0 Å². The number of unbranched alkanes of at least 4 members (excludes halogenated alkanes) is 22. The Bertz CT molecular complexity index is 1290. The topological polar surface area (TPSA) is 24.7 Å². The molecule has 0 spiro atoms. The van der Waals surface area contributed by atoms with Gasteiger partial charge >= 0.3 is 0 Å². The van der Waals surface area contributed by atoms with E-state index in [-0.39, 0.29) is 16.5 Å².